The third-order valence-corrected chi connectivity index (χ3v) is 4.11. The first-order valence-electron chi connectivity index (χ1n) is 10.0. The SMILES string of the molecule is C1=CC=CN=Cc2ccccc2N=CCC=CC=CC=Nc2ccccc2C=NC=C1. The second kappa shape index (κ2) is 13.1. The molecule has 1 heterocycles. The van der Waals surface area contributed by atoms with Gasteiger partial charge in [-0.25, -0.2) is 0 Å². The summed E-state index contributed by atoms with van der Waals surface area (Å²) in [6.45, 7) is 0. The minimum atomic E-state index is 0.740. The largest absolute Gasteiger partial charge is 0.264 e. The highest BCUT2D eigenvalue weighted by molar-refractivity contribution is 5.89. The third kappa shape index (κ3) is 7.99. The molecule has 1 aliphatic heterocycles. The van der Waals surface area contributed by atoms with Crippen LogP contribution in [0.15, 0.2) is 130 Å². The fourth-order valence-electron chi connectivity index (χ4n) is 2.61. The quantitative estimate of drug-likeness (QED) is 0.467. The highest BCUT2D eigenvalue weighted by Crippen LogP contribution is 2.17. The lowest BCUT2D eigenvalue weighted by Crippen LogP contribution is -1.81. The molecule has 0 aliphatic carbocycles. The maximum atomic E-state index is 4.56. The number of nitrogens with zero attached hydrogens (tertiary/aromatic N) is 4. The van der Waals surface area contributed by atoms with E-state index < -0.39 is 0 Å². The summed E-state index contributed by atoms with van der Waals surface area (Å²) < 4.78 is 0. The van der Waals surface area contributed by atoms with E-state index in [9.17, 15) is 0 Å². The van der Waals surface area contributed by atoms with Crippen LogP contribution in [0.1, 0.15) is 17.5 Å². The maximum Gasteiger partial charge on any atom is 0.0717 e. The second-order valence-corrected chi connectivity index (χ2v) is 6.38. The van der Waals surface area contributed by atoms with Crippen molar-refractivity contribution >= 4 is 36.2 Å². The van der Waals surface area contributed by atoms with Gasteiger partial charge in [0.25, 0.3) is 0 Å². The fraction of sp³-hybridized carbons (Fsp3) is 0.0370. The van der Waals surface area contributed by atoms with E-state index in [2.05, 4.69) is 20.0 Å². The fourth-order valence-corrected chi connectivity index (χ4v) is 2.61. The Morgan fingerprint density at radius 2 is 1.13 bits per heavy atom. The van der Waals surface area contributed by atoms with Gasteiger partial charge in [0, 0.05) is 54.8 Å². The summed E-state index contributed by atoms with van der Waals surface area (Å²) in [6.07, 6.45) is 26.9. The van der Waals surface area contributed by atoms with Gasteiger partial charge in [-0.2, -0.15) is 0 Å². The van der Waals surface area contributed by atoms with Gasteiger partial charge in [0.15, 0.2) is 0 Å². The molecule has 0 aromatic heterocycles. The number of allylic oxidation sites excluding steroid dienone is 8. The Hall–Kier alpha value is -4.18. The van der Waals surface area contributed by atoms with Crippen molar-refractivity contribution < 1.29 is 0 Å². The minimum absolute atomic E-state index is 0.740. The van der Waals surface area contributed by atoms with Gasteiger partial charge in [-0.05, 0) is 30.4 Å². The van der Waals surface area contributed by atoms with Gasteiger partial charge in [-0.1, -0.05) is 66.8 Å². The summed E-state index contributed by atoms with van der Waals surface area (Å²) in [5.74, 6) is 0. The first-order valence-corrected chi connectivity index (χ1v) is 10.0. The summed E-state index contributed by atoms with van der Waals surface area (Å²) in [5, 5.41) is 0. The van der Waals surface area contributed by atoms with E-state index >= 15 is 0 Å². The lowest BCUT2D eigenvalue weighted by molar-refractivity contribution is 1.44. The summed E-state index contributed by atoms with van der Waals surface area (Å²) in [7, 11) is 0. The van der Waals surface area contributed by atoms with Crippen LogP contribution in [0.5, 0.6) is 0 Å². The van der Waals surface area contributed by atoms with Gasteiger partial charge in [-0.15, -0.1) is 0 Å². The molecule has 2 aromatic carbocycles. The molecular formula is C27H24N4. The van der Waals surface area contributed by atoms with Crippen molar-refractivity contribution in [3.05, 3.63) is 121 Å². The van der Waals surface area contributed by atoms with Crippen molar-refractivity contribution in [3.63, 3.8) is 0 Å². The summed E-state index contributed by atoms with van der Waals surface area (Å²) in [4.78, 5) is 17.7. The predicted molar refractivity (Wildman–Crippen MR) is 135 cm³/mol. The molecule has 3 rings (SSSR count). The predicted octanol–water partition coefficient (Wildman–Crippen LogP) is 6.73. The van der Waals surface area contributed by atoms with Crippen molar-refractivity contribution in [2.24, 2.45) is 20.0 Å². The molecular weight excluding hydrogens is 380 g/mol. The summed E-state index contributed by atoms with van der Waals surface area (Å²) >= 11 is 0. The Morgan fingerprint density at radius 1 is 0.548 bits per heavy atom. The van der Waals surface area contributed by atoms with Crippen molar-refractivity contribution in [3.8, 4) is 0 Å². The molecule has 0 N–H and O–H groups in total. The normalized spacial score (nSPS) is 14.5. The van der Waals surface area contributed by atoms with Crippen LogP contribution in [0.25, 0.3) is 0 Å². The molecule has 4 nitrogen and oxygen atoms in total. The molecule has 2 aromatic rings. The van der Waals surface area contributed by atoms with Crippen LogP contribution < -0.4 is 0 Å². The van der Waals surface area contributed by atoms with Crippen LogP contribution >= 0.6 is 0 Å². The molecule has 0 amide bonds. The van der Waals surface area contributed by atoms with E-state index in [4.69, 9.17) is 0 Å². The molecule has 1 aliphatic rings. The summed E-state index contributed by atoms with van der Waals surface area (Å²) in [5.41, 5.74) is 3.69. The molecule has 4 heteroatoms. The highest BCUT2D eigenvalue weighted by Gasteiger charge is 1.95. The number of hydrogen-bond acceptors (Lipinski definition) is 4. The van der Waals surface area contributed by atoms with E-state index in [1.807, 2.05) is 110 Å². The average molecular weight is 405 g/mol. The van der Waals surface area contributed by atoms with Crippen molar-refractivity contribution in [2.75, 3.05) is 0 Å². The van der Waals surface area contributed by atoms with Crippen LogP contribution in [-0.2, 0) is 0 Å². The molecule has 0 fully saturated rings. The molecule has 0 saturated heterocycles. The smallest absolute Gasteiger partial charge is 0.0717 e. The van der Waals surface area contributed by atoms with E-state index in [1.165, 1.54) is 0 Å². The van der Waals surface area contributed by atoms with E-state index in [1.54, 1.807) is 24.8 Å². The van der Waals surface area contributed by atoms with E-state index in [0.29, 0.717) is 0 Å². The maximum absolute atomic E-state index is 4.56. The molecule has 152 valence electrons. The van der Waals surface area contributed by atoms with Crippen LogP contribution in [0, 0.1) is 0 Å². The Morgan fingerprint density at radius 3 is 1.81 bits per heavy atom. The van der Waals surface area contributed by atoms with Crippen LogP contribution in [0.2, 0.25) is 0 Å². The summed E-state index contributed by atoms with van der Waals surface area (Å²) in [6, 6.07) is 15.8. The second-order valence-electron chi connectivity index (χ2n) is 6.38. The lowest BCUT2D eigenvalue weighted by Gasteiger charge is -1.98. The lowest BCUT2D eigenvalue weighted by atomic mass is 10.2. The average Bonchev–Trinajstić information content (AvgIpc) is 2.80. The van der Waals surface area contributed by atoms with E-state index in [-0.39, 0.29) is 0 Å². The standard InChI is InChI=1S/C27H24N4/c1-2-12-20-30-26-16-8-6-14-24(26)22-28-18-10-4-5-11-19-29-23-25-15-7-9-17-27(25)31-21-13-3-1/h1-12,14-23H,13H2. The van der Waals surface area contributed by atoms with Gasteiger partial charge in [0.2, 0.25) is 0 Å². The number of rotatable bonds is 0. The Kier molecular flexibility index (Phi) is 9.11. The molecule has 0 unspecified atom stereocenters. The number of para-hydroxylation sites is 2. The monoisotopic (exact) mass is 404 g/mol. The zero-order chi connectivity index (χ0) is 21.4. The zero-order valence-corrected chi connectivity index (χ0v) is 17.2. The Bertz CT molecular complexity index is 1110. The van der Waals surface area contributed by atoms with Gasteiger partial charge in [0.05, 0.1) is 11.4 Å². The van der Waals surface area contributed by atoms with Crippen molar-refractivity contribution in [1.82, 2.24) is 0 Å². The zero-order valence-electron chi connectivity index (χ0n) is 17.2. The number of benzene rings is 2. The third-order valence-electron chi connectivity index (χ3n) is 4.11. The molecule has 0 radical (unpaired) electrons. The van der Waals surface area contributed by atoms with Gasteiger partial charge < -0.3 is 0 Å². The molecule has 0 bridgehead atoms. The Labute approximate surface area is 183 Å². The van der Waals surface area contributed by atoms with Crippen LogP contribution in [0.3, 0.4) is 0 Å². The first kappa shape index (κ1) is 21.5. The van der Waals surface area contributed by atoms with Crippen molar-refractivity contribution in [2.45, 2.75) is 6.42 Å². The number of fused-ring (bicyclic) bond motifs is 2. The van der Waals surface area contributed by atoms with Crippen LogP contribution in [-0.4, -0.2) is 24.9 Å². The minimum Gasteiger partial charge on any atom is -0.264 e. The Balaban J connectivity index is 1.80. The number of hydrogen-bond donors (Lipinski definition) is 0. The van der Waals surface area contributed by atoms with Crippen LogP contribution in [0.4, 0.5) is 11.4 Å². The van der Waals surface area contributed by atoms with Gasteiger partial charge >= 0.3 is 0 Å². The highest BCUT2D eigenvalue weighted by atomic mass is 14.7. The molecule has 0 atom stereocenters. The van der Waals surface area contributed by atoms with Crippen molar-refractivity contribution in [1.29, 1.82) is 0 Å². The topological polar surface area (TPSA) is 49.4 Å². The molecule has 31 heavy (non-hydrogen) atoms. The van der Waals surface area contributed by atoms with E-state index in [0.717, 1.165) is 28.9 Å². The van der Waals surface area contributed by atoms with Gasteiger partial charge in [-0.3, -0.25) is 20.0 Å². The molecule has 0 saturated carbocycles. The first-order chi connectivity index (χ1) is 15.4. The molecule has 0 spiro atoms. The number of aliphatic imine (C=N–C) groups is 4. The van der Waals surface area contributed by atoms with Gasteiger partial charge in [0.1, 0.15) is 0 Å².